The summed E-state index contributed by atoms with van der Waals surface area (Å²) in [5, 5.41) is 8.85. The van der Waals surface area contributed by atoms with Gasteiger partial charge in [0.05, 0.1) is 7.11 Å². The Kier molecular flexibility index (Phi) is 4.47. The number of hydrogen-bond acceptors (Lipinski definition) is 5. The summed E-state index contributed by atoms with van der Waals surface area (Å²) in [7, 11) is 1.61. The van der Waals surface area contributed by atoms with Crippen LogP contribution in [0.15, 0.2) is 53.7 Å². The maximum Gasteiger partial charge on any atom is 0.210 e. The van der Waals surface area contributed by atoms with Gasteiger partial charge in [-0.05, 0) is 29.8 Å². The molecule has 1 heterocycles. The van der Waals surface area contributed by atoms with Crippen LogP contribution in [0.2, 0.25) is 0 Å². The lowest BCUT2D eigenvalue weighted by Gasteiger charge is -2.05. The highest BCUT2D eigenvalue weighted by Gasteiger charge is 2.13. The second kappa shape index (κ2) is 6.70. The number of hydrogen-bond donors (Lipinski definition) is 1. The van der Waals surface area contributed by atoms with Crippen LogP contribution >= 0.6 is 11.8 Å². The van der Waals surface area contributed by atoms with Crippen molar-refractivity contribution in [3.05, 3.63) is 59.9 Å². The zero-order chi connectivity index (χ0) is 16.2. The first-order valence-electron chi connectivity index (χ1n) is 6.89. The maximum atomic E-state index is 12.9. The van der Waals surface area contributed by atoms with E-state index >= 15 is 0 Å². The van der Waals surface area contributed by atoms with Crippen molar-refractivity contribution in [3.63, 3.8) is 0 Å². The average Bonchev–Trinajstić information content (AvgIpc) is 2.95. The maximum absolute atomic E-state index is 12.9. The molecular formula is C16H15FN4OS. The summed E-state index contributed by atoms with van der Waals surface area (Å²) >= 11 is 1.44. The van der Waals surface area contributed by atoms with Crippen LogP contribution in [0, 0.1) is 5.82 Å². The minimum absolute atomic E-state index is 0.249. The molecule has 0 aliphatic rings. The molecule has 0 saturated heterocycles. The van der Waals surface area contributed by atoms with Crippen LogP contribution in [0.4, 0.5) is 4.39 Å². The molecule has 0 spiro atoms. The normalized spacial score (nSPS) is 10.7. The zero-order valence-corrected chi connectivity index (χ0v) is 13.3. The Morgan fingerprint density at radius 1 is 1.17 bits per heavy atom. The van der Waals surface area contributed by atoms with Gasteiger partial charge < -0.3 is 10.6 Å². The van der Waals surface area contributed by atoms with Crippen molar-refractivity contribution < 1.29 is 9.13 Å². The van der Waals surface area contributed by atoms with E-state index < -0.39 is 0 Å². The second-order valence-electron chi connectivity index (χ2n) is 4.82. The van der Waals surface area contributed by atoms with Crippen molar-refractivity contribution in [1.82, 2.24) is 14.9 Å². The Bertz CT molecular complexity index is 804. The van der Waals surface area contributed by atoms with E-state index in [1.54, 1.807) is 19.2 Å². The molecule has 0 bridgehead atoms. The quantitative estimate of drug-likeness (QED) is 0.575. The number of benzene rings is 2. The molecule has 3 rings (SSSR count). The molecule has 1 aromatic heterocycles. The minimum atomic E-state index is -0.249. The van der Waals surface area contributed by atoms with Crippen molar-refractivity contribution >= 4 is 11.8 Å². The van der Waals surface area contributed by atoms with E-state index in [0.29, 0.717) is 16.7 Å². The van der Waals surface area contributed by atoms with Crippen LogP contribution in [0.5, 0.6) is 5.75 Å². The highest BCUT2D eigenvalue weighted by atomic mass is 32.2. The van der Waals surface area contributed by atoms with Gasteiger partial charge in [0.2, 0.25) is 5.16 Å². The Hall–Kier alpha value is -2.54. The summed E-state index contributed by atoms with van der Waals surface area (Å²) in [4.78, 5) is 0. The lowest BCUT2D eigenvalue weighted by Crippen LogP contribution is -2.11. The molecule has 0 amide bonds. The molecule has 0 atom stereocenters. The Labute approximate surface area is 137 Å². The van der Waals surface area contributed by atoms with Crippen LogP contribution in [0.1, 0.15) is 5.56 Å². The number of nitrogens with zero attached hydrogens (tertiary/aromatic N) is 3. The van der Waals surface area contributed by atoms with E-state index in [2.05, 4.69) is 10.2 Å². The average molecular weight is 330 g/mol. The van der Waals surface area contributed by atoms with E-state index in [0.717, 1.165) is 16.9 Å². The molecule has 5 nitrogen and oxygen atoms in total. The van der Waals surface area contributed by atoms with Gasteiger partial charge in [-0.3, -0.25) is 0 Å². The van der Waals surface area contributed by atoms with E-state index in [4.69, 9.17) is 10.6 Å². The van der Waals surface area contributed by atoms with E-state index in [-0.39, 0.29) is 5.82 Å². The number of halogens is 1. The molecule has 0 aliphatic carbocycles. The molecule has 2 N–H and O–H groups in total. The molecule has 0 fully saturated rings. The van der Waals surface area contributed by atoms with Crippen molar-refractivity contribution in [2.75, 3.05) is 13.0 Å². The Balaban J connectivity index is 1.77. The predicted octanol–water partition coefficient (Wildman–Crippen LogP) is 3.10. The van der Waals surface area contributed by atoms with Gasteiger partial charge >= 0.3 is 0 Å². The summed E-state index contributed by atoms with van der Waals surface area (Å²) in [5.41, 5.74) is 1.82. The van der Waals surface area contributed by atoms with E-state index in [1.165, 1.54) is 28.6 Å². The molecule has 2 aromatic carbocycles. The fourth-order valence-corrected chi connectivity index (χ4v) is 2.88. The molecule has 0 radical (unpaired) electrons. The Morgan fingerprint density at radius 3 is 2.70 bits per heavy atom. The van der Waals surface area contributed by atoms with Gasteiger partial charge in [0, 0.05) is 11.3 Å². The van der Waals surface area contributed by atoms with Crippen LogP contribution < -0.4 is 10.6 Å². The lowest BCUT2D eigenvalue weighted by atomic mass is 10.2. The first kappa shape index (κ1) is 15.4. The third-order valence-electron chi connectivity index (χ3n) is 3.27. The van der Waals surface area contributed by atoms with Gasteiger partial charge in [0.15, 0.2) is 5.82 Å². The molecule has 3 aromatic rings. The van der Waals surface area contributed by atoms with Crippen LogP contribution in [-0.2, 0) is 5.75 Å². The summed E-state index contributed by atoms with van der Waals surface area (Å²) in [6.07, 6.45) is 0. The fraction of sp³-hybridized carbons (Fsp3) is 0.125. The summed E-state index contributed by atoms with van der Waals surface area (Å²) in [6.45, 7) is 0. The third-order valence-corrected chi connectivity index (χ3v) is 4.29. The number of nitrogens with two attached hydrogens (primary N) is 1. The zero-order valence-electron chi connectivity index (χ0n) is 12.4. The van der Waals surface area contributed by atoms with Crippen molar-refractivity contribution in [2.24, 2.45) is 0 Å². The standard InChI is InChI=1S/C16H15FN4OS/c1-22-14-4-2-3-12(9-14)15-19-20-16(21(15)18)23-10-11-5-7-13(17)8-6-11/h2-9H,10,18H2,1H3. The molecule has 23 heavy (non-hydrogen) atoms. The topological polar surface area (TPSA) is 66.0 Å². The van der Waals surface area contributed by atoms with E-state index in [9.17, 15) is 4.39 Å². The summed E-state index contributed by atoms with van der Waals surface area (Å²) in [6, 6.07) is 13.8. The van der Waals surface area contributed by atoms with Gasteiger partial charge in [-0.2, -0.15) is 0 Å². The smallest absolute Gasteiger partial charge is 0.210 e. The van der Waals surface area contributed by atoms with E-state index in [1.807, 2.05) is 24.3 Å². The number of nitrogen functional groups attached to an aromatic ring is 1. The number of ether oxygens (including phenoxy) is 1. The summed E-state index contributed by atoms with van der Waals surface area (Å²) < 4.78 is 19.6. The molecular weight excluding hydrogens is 315 g/mol. The largest absolute Gasteiger partial charge is 0.497 e. The van der Waals surface area contributed by atoms with Crippen LogP contribution in [0.25, 0.3) is 11.4 Å². The Morgan fingerprint density at radius 2 is 1.96 bits per heavy atom. The third kappa shape index (κ3) is 3.45. The number of rotatable bonds is 5. The highest BCUT2D eigenvalue weighted by Crippen LogP contribution is 2.26. The second-order valence-corrected chi connectivity index (χ2v) is 5.77. The van der Waals surface area contributed by atoms with Crippen LogP contribution in [-0.4, -0.2) is 22.0 Å². The van der Waals surface area contributed by atoms with Crippen molar-refractivity contribution in [3.8, 4) is 17.1 Å². The first-order valence-corrected chi connectivity index (χ1v) is 7.88. The molecule has 7 heteroatoms. The monoisotopic (exact) mass is 330 g/mol. The predicted molar refractivity (Wildman–Crippen MR) is 88.1 cm³/mol. The molecule has 0 saturated carbocycles. The SMILES string of the molecule is COc1cccc(-c2nnc(SCc3ccc(F)cc3)n2N)c1. The van der Waals surface area contributed by atoms with Gasteiger partial charge in [0.25, 0.3) is 0 Å². The number of thioether (sulfide) groups is 1. The first-order chi connectivity index (χ1) is 11.2. The van der Waals surface area contributed by atoms with Gasteiger partial charge in [-0.1, -0.05) is 36.0 Å². The van der Waals surface area contributed by atoms with Crippen LogP contribution in [0.3, 0.4) is 0 Å². The molecule has 0 aliphatic heterocycles. The van der Waals surface area contributed by atoms with Gasteiger partial charge in [-0.25, -0.2) is 9.07 Å². The van der Waals surface area contributed by atoms with Crippen molar-refractivity contribution in [1.29, 1.82) is 0 Å². The minimum Gasteiger partial charge on any atom is -0.497 e. The molecule has 118 valence electrons. The number of methoxy groups -OCH3 is 1. The van der Waals surface area contributed by atoms with Gasteiger partial charge in [0.1, 0.15) is 11.6 Å². The van der Waals surface area contributed by atoms with Gasteiger partial charge in [-0.15, -0.1) is 10.2 Å². The number of aromatic nitrogens is 3. The lowest BCUT2D eigenvalue weighted by molar-refractivity contribution is 0.415. The summed E-state index contributed by atoms with van der Waals surface area (Å²) in [5.74, 6) is 7.76. The van der Waals surface area contributed by atoms with Crippen molar-refractivity contribution in [2.45, 2.75) is 10.9 Å². The highest BCUT2D eigenvalue weighted by molar-refractivity contribution is 7.98. The fourth-order valence-electron chi connectivity index (χ4n) is 2.06. The molecule has 0 unspecified atom stereocenters.